The van der Waals surface area contributed by atoms with Crippen molar-refractivity contribution in [3.8, 4) is 11.4 Å². The van der Waals surface area contributed by atoms with Gasteiger partial charge in [-0.3, -0.25) is 4.79 Å². The number of carbonyl (C=O) groups excluding carboxylic acids is 2. The predicted molar refractivity (Wildman–Crippen MR) is 113 cm³/mol. The molecule has 0 fully saturated rings. The zero-order valence-corrected chi connectivity index (χ0v) is 17.3. The lowest BCUT2D eigenvalue weighted by molar-refractivity contribution is -0.129. The number of nitrogens with one attached hydrogen (secondary N) is 1. The van der Waals surface area contributed by atoms with E-state index in [-0.39, 0.29) is 5.91 Å². The van der Waals surface area contributed by atoms with E-state index in [2.05, 4.69) is 10.4 Å². The van der Waals surface area contributed by atoms with Gasteiger partial charge in [-0.15, -0.1) is 0 Å². The molecule has 7 nitrogen and oxygen atoms in total. The number of amides is 1. The first-order valence-electron chi connectivity index (χ1n) is 9.70. The summed E-state index contributed by atoms with van der Waals surface area (Å²) in [6.07, 6.45) is 1.50. The standard InChI is InChI=1S/C23H25N3O4/c1-16-12-15-25-26(16)20-8-6-19(7-9-20)23(28)30-17(2)22(27)24-14-13-18-4-10-21(29-3)11-5-18/h4-12,15,17H,13-14H2,1-3H3,(H,24,27)/t17-/m0/s1. The fourth-order valence-electron chi connectivity index (χ4n) is 2.93. The van der Waals surface area contributed by atoms with Gasteiger partial charge in [-0.2, -0.15) is 5.10 Å². The van der Waals surface area contributed by atoms with Gasteiger partial charge in [0.05, 0.1) is 18.4 Å². The molecule has 0 spiro atoms. The van der Waals surface area contributed by atoms with E-state index in [9.17, 15) is 9.59 Å². The van der Waals surface area contributed by atoms with Crippen LogP contribution in [0.3, 0.4) is 0 Å². The second-order valence-corrected chi connectivity index (χ2v) is 6.87. The fourth-order valence-corrected chi connectivity index (χ4v) is 2.93. The Morgan fingerprint density at radius 1 is 1.07 bits per heavy atom. The molecule has 1 amide bonds. The molecule has 1 aromatic heterocycles. The van der Waals surface area contributed by atoms with E-state index in [0.717, 1.165) is 22.7 Å². The summed E-state index contributed by atoms with van der Waals surface area (Å²) in [5.41, 5.74) is 3.29. The van der Waals surface area contributed by atoms with Crippen LogP contribution in [-0.4, -0.2) is 41.4 Å². The zero-order chi connectivity index (χ0) is 21.5. The molecule has 0 radical (unpaired) electrons. The molecule has 1 N–H and O–H groups in total. The summed E-state index contributed by atoms with van der Waals surface area (Å²) in [5.74, 6) is -0.0895. The van der Waals surface area contributed by atoms with E-state index >= 15 is 0 Å². The number of aromatic nitrogens is 2. The van der Waals surface area contributed by atoms with Crippen LogP contribution in [0.25, 0.3) is 5.69 Å². The molecule has 0 aliphatic heterocycles. The van der Waals surface area contributed by atoms with Gasteiger partial charge in [0.2, 0.25) is 0 Å². The van der Waals surface area contributed by atoms with Crippen LogP contribution in [0.5, 0.6) is 5.75 Å². The summed E-state index contributed by atoms with van der Waals surface area (Å²) in [4.78, 5) is 24.6. The molecule has 0 bridgehead atoms. The molecule has 156 valence electrons. The summed E-state index contributed by atoms with van der Waals surface area (Å²) in [7, 11) is 1.62. The SMILES string of the molecule is COc1ccc(CCNC(=O)[C@H](C)OC(=O)c2ccc(-n3nccc3C)cc2)cc1. The highest BCUT2D eigenvalue weighted by Gasteiger charge is 2.18. The zero-order valence-electron chi connectivity index (χ0n) is 17.3. The maximum atomic E-state index is 12.3. The maximum absolute atomic E-state index is 12.3. The minimum atomic E-state index is -0.888. The Kier molecular flexibility index (Phi) is 6.85. The first-order chi connectivity index (χ1) is 14.5. The smallest absolute Gasteiger partial charge is 0.338 e. The lowest BCUT2D eigenvalue weighted by Crippen LogP contribution is -2.36. The van der Waals surface area contributed by atoms with Crippen LogP contribution in [0.15, 0.2) is 60.8 Å². The monoisotopic (exact) mass is 407 g/mol. The van der Waals surface area contributed by atoms with E-state index in [1.807, 2.05) is 37.3 Å². The molecule has 0 unspecified atom stereocenters. The molecule has 30 heavy (non-hydrogen) atoms. The molecule has 1 atom stereocenters. The molecular weight excluding hydrogens is 382 g/mol. The number of nitrogens with zero attached hydrogens (tertiary/aromatic N) is 2. The third-order valence-electron chi connectivity index (χ3n) is 4.70. The number of methoxy groups -OCH3 is 1. The van der Waals surface area contributed by atoms with Crippen molar-refractivity contribution in [2.75, 3.05) is 13.7 Å². The van der Waals surface area contributed by atoms with Crippen LogP contribution in [0.4, 0.5) is 0 Å². The normalized spacial score (nSPS) is 11.6. The average Bonchev–Trinajstić information content (AvgIpc) is 3.20. The Labute approximate surface area is 175 Å². The number of aryl methyl sites for hydroxylation is 1. The number of hydrogen-bond acceptors (Lipinski definition) is 5. The topological polar surface area (TPSA) is 82.5 Å². The molecule has 3 rings (SSSR count). The van der Waals surface area contributed by atoms with E-state index in [4.69, 9.17) is 9.47 Å². The molecular formula is C23H25N3O4. The first-order valence-corrected chi connectivity index (χ1v) is 9.70. The van der Waals surface area contributed by atoms with Crippen LogP contribution in [-0.2, 0) is 16.0 Å². The maximum Gasteiger partial charge on any atom is 0.338 e. The van der Waals surface area contributed by atoms with Crippen molar-refractivity contribution in [3.63, 3.8) is 0 Å². The molecule has 0 saturated heterocycles. The minimum absolute atomic E-state index is 0.333. The van der Waals surface area contributed by atoms with Crippen molar-refractivity contribution in [2.45, 2.75) is 26.4 Å². The second-order valence-electron chi connectivity index (χ2n) is 6.87. The van der Waals surface area contributed by atoms with Gasteiger partial charge in [0.1, 0.15) is 5.75 Å². The van der Waals surface area contributed by atoms with Crippen LogP contribution < -0.4 is 10.1 Å². The second kappa shape index (κ2) is 9.73. The van der Waals surface area contributed by atoms with Crippen molar-refractivity contribution >= 4 is 11.9 Å². The van der Waals surface area contributed by atoms with Crippen LogP contribution in [0.2, 0.25) is 0 Å². The van der Waals surface area contributed by atoms with Crippen molar-refractivity contribution < 1.29 is 19.1 Å². The van der Waals surface area contributed by atoms with Gasteiger partial charge in [0.15, 0.2) is 6.10 Å². The summed E-state index contributed by atoms with van der Waals surface area (Å²) < 4.78 is 12.2. The predicted octanol–water partition coefficient (Wildman–Crippen LogP) is 3.09. The van der Waals surface area contributed by atoms with Gasteiger partial charge in [0, 0.05) is 18.4 Å². The minimum Gasteiger partial charge on any atom is -0.497 e. The molecule has 2 aromatic carbocycles. The average molecular weight is 407 g/mol. The number of ether oxygens (including phenoxy) is 2. The Morgan fingerprint density at radius 2 is 1.77 bits per heavy atom. The van der Waals surface area contributed by atoms with Crippen LogP contribution in [0, 0.1) is 6.92 Å². The van der Waals surface area contributed by atoms with E-state index < -0.39 is 12.1 Å². The van der Waals surface area contributed by atoms with Crippen molar-refractivity contribution in [3.05, 3.63) is 77.6 Å². The first kappa shape index (κ1) is 21.1. The van der Waals surface area contributed by atoms with Gasteiger partial charge in [-0.25, -0.2) is 9.48 Å². The highest BCUT2D eigenvalue weighted by atomic mass is 16.5. The van der Waals surface area contributed by atoms with Crippen molar-refractivity contribution in [1.29, 1.82) is 0 Å². The quantitative estimate of drug-likeness (QED) is 0.580. The van der Waals surface area contributed by atoms with E-state index in [1.54, 1.807) is 49.2 Å². The number of benzene rings is 2. The summed E-state index contributed by atoms with van der Waals surface area (Å²) in [6, 6.07) is 16.4. The molecule has 0 aliphatic carbocycles. The lowest BCUT2D eigenvalue weighted by atomic mass is 10.1. The van der Waals surface area contributed by atoms with Gasteiger partial charge in [-0.05, 0) is 68.3 Å². The van der Waals surface area contributed by atoms with Crippen molar-refractivity contribution in [2.24, 2.45) is 0 Å². The third-order valence-corrected chi connectivity index (χ3v) is 4.70. The highest BCUT2D eigenvalue weighted by Crippen LogP contribution is 2.13. The third kappa shape index (κ3) is 5.26. The summed E-state index contributed by atoms with van der Waals surface area (Å²) >= 11 is 0. The number of carbonyl (C=O) groups is 2. The number of hydrogen-bond donors (Lipinski definition) is 1. The fraction of sp³-hybridized carbons (Fsp3) is 0.261. The molecule has 0 aliphatic rings. The van der Waals surface area contributed by atoms with Gasteiger partial charge >= 0.3 is 5.97 Å². The number of rotatable bonds is 8. The van der Waals surface area contributed by atoms with Crippen molar-refractivity contribution in [1.82, 2.24) is 15.1 Å². The Morgan fingerprint density at radius 3 is 2.37 bits per heavy atom. The molecule has 0 saturated carbocycles. The van der Waals surface area contributed by atoms with Gasteiger partial charge < -0.3 is 14.8 Å². The Balaban J connectivity index is 1.48. The Bertz CT molecular complexity index is 994. The van der Waals surface area contributed by atoms with Crippen LogP contribution >= 0.6 is 0 Å². The number of esters is 1. The molecule has 1 heterocycles. The largest absolute Gasteiger partial charge is 0.497 e. The molecule has 7 heteroatoms. The molecule has 3 aromatic rings. The van der Waals surface area contributed by atoms with Gasteiger partial charge in [-0.1, -0.05) is 12.1 Å². The van der Waals surface area contributed by atoms with E-state index in [1.165, 1.54) is 0 Å². The van der Waals surface area contributed by atoms with Gasteiger partial charge in [0.25, 0.3) is 5.91 Å². The lowest BCUT2D eigenvalue weighted by Gasteiger charge is -2.14. The van der Waals surface area contributed by atoms with Crippen LogP contribution in [0.1, 0.15) is 28.5 Å². The summed E-state index contributed by atoms with van der Waals surface area (Å²) in [5, 5.41) is 7.02. The highest BCUT2D eigenvalue weighted by molar-refractivity contribution is 5.92. The van der Waals surface area contributed by atoms with E-state index in [0.29, 0.717) is 18.5 Å². The Hall–Kier alpha value is -3.61. The summed E-state index contributed by atoms with van der Waals surface area (Å²) in [6.45, 7) is 3.96.